The molecule has 11 nitrogen and oxygen atoms in total. The normalized spacial score (nSPS) is 9.74. The first-order valence-electron chi connectivity index (χ1n) is 4.54. The van der Waals surface area contributed by atoms with Gasteiger partial charge in [0.2, 0.25) is 5.75 Å². The van der Waals surface area contributed by atoms with Crippen LogP contribution in [0.1, 0.15) is 6.92 Å². The molecule has 0 aliphatic rings. The Labute approximate surface area is 103 Å². The maximum absolute atomic E-state index is 10.8. The van der Waals surface area contributed by atoms with Crippen molar-refractivity contribution in [2.45, 2.75) is 6.92 Å². The smallest absolute Gasteiger partial charge is 0.419 e. The van der Waals surface area contributed by atoms with Crippen molar-refractivity contribution in [3.63, 3.8) is 0 Å². The predicted molar refractivity (Wildman–Crippen MR) is 57.7 cm³/mol. The molecule has 1 aromatic rings. The van der Waals surface area contributed by atoms with E-state index in [1.165, 1.54) is 0 Å². The maximum Gasteiger partial charge on any atom is 0.426 e. The third-order valence-electron chi connectivity index (χ3n) is 1.91. The molecule has 0 aliphatic heterocycles. The van der Waals surface area contributed by atoms with E-state index in [1.54, 1.807) is 0 Å². The third kappa shape index (κ3) is 2.77. The maximum atomic E-state index is 10.8. The van der Waals surface area contributed by atoms with Crippen LogP contribution in [-0.2, 0) is 4.79 Å². The Bertz CT molecular complexity index is 596. The van der Waals surface area contributed by atoms with Gasteiger partial charge in [0.05, 0.1) is 14.8 Å². The van der Waals surface area contributed by atoms with E-state index in [9.17, 15) is 35.1 Å². The van der Waals surface area contributed by atoms with Gasteiger partial charge in [0, 0.05) is 13.0 Å². The number of carbonyl (C=O) groups is 1. The fraction of sp³-hybridized carbons (Fsp3) is 0.125. The van der Waals surface area contributed by atoms with Gasteiger partial charge in [-0.25, -0.2) is 0 Å². The van der Waals surface area contributed by atoms with Crippen molar-refractivity contribution in [1.29, 1.82) is 0 Å². The van der Waals surface area contributed by atoms with E-state index in [1.807, 2.05) is 0 Å². The minimum absolute atomic E-state index is 0.656. The molecule has 0 bridgehead atoms. The lowest BCUT2D eigenvalue weighted by atomic mass is 10.2. The molecular weight excluding hydrogens is 266 g/mol. The second kappa shape index (κ2) is 5.03. The fourth-order valence-corrected chi connectivity index (χ4v) is 1.29. The zero-order valence-corrected chi connectivity index (χ0v) is 9.26. The quantitative estimate of drug-likeness (QED) is 0.343. The van der Waals surface area contributed by atoms with Crippen LogP contribution in [0, 0.1) is 30.3 Å². The molecular formula is C8H5N3O8. The summed E-state index contributed by atoms with van der Waals surface area (Å²) in [5, 5.41) is 32.1. The number of hydrogen-bond acceptors (Lipinski definition) is 8. The number of rotatable bonds is 4. The molecule has 0 saturated heterocycles. The van der Waals surface area contributed by atoms with Crippen molar-refractivity contribution < 1.29 is 24.3 Å². The molecule has 0 heterocycles. The minimum Gasteiger partial charge on any atom is -0.419 e. The van der Waals surface area contributed by atoms with Gasteiger partial charge in [0.25, 0.3) is 0 Å². The summed E-state index contributed by atoms with van der Waals surface area (Å²) in [6.45, 7) is 0.928. The number of benzene rings is 1. The van der Waals surface area contributed by atoms with Gasteiger partial charge < -0.3 is 4.74 Å². The lowest BCUT2D eigenvalue weighted by Crippen LogP contribution is -2.07. The fourth-order valence-electron chi connectivity index (χ4n) is 1.29. The number of nitro groups is 3. The Morgan fingerprint density at radius 1 is 1.00 bits per heavy atom. The molecule has 0 fully saturated rings. The van der Waals surface area contributed by atoms with E-state index in [0.717, 1.165) is 13.0 Å². The number of nitro benzene ring substituents is 3. The molecule has 0 spiro atoms. The molecule has 0 radical (unpaired) electrons. The molecule has 0 N–H and O–H groups in total. The van der Waals surface area contributed by atoms with Crippen LogP contribution >= 0.6 is 0 Å². The van der Waals surface area contributed by atoms with Crippen LogP contribution in [0.4, 0.5) is 17.1 Å². The van der Waals surface area contributed by atoms with Crippen LogP contribution in [-0.4, -0.2) is 20.7 Å². The van der Waals surface area contributed by atoms with Gasteiger partial charge in [0.1, 0.15) is 0 Å². The minimum atomic E-state index is -1.34. The Hall–Kier alpha value is -3.11. The molecule has 0 saturated carbocycles. The van der Waals surface area contributed by atoms with Gasteiger partial charge in [-0.1, -0.05) is 0 Å². The first kappa shape index (κ1) is 14.0. The topological polar surface area (TPSA) is 156 Å². The van der Waals surface area contributed by atoms with Gasteiger partial charge in [0.15, 0.2) is 0 Å². The van der Waals surface area contributed by atoms with Gasteiger partial charge in [-0.15, -0.1) is 0 Å². The summed E-state index contributed by atoms with van der Waals surface area (Å²) in [4.78, 5) is 39.3. The number of nitrogens with zero attached hydrogens (tertiary/aromatic N) is 3. The average molecular weight is 271 g/mol. The molecule has 1 aromatic carbocycles. The Morgan fingerprint density at radius 3 is 1.89 bits per heavy atom. The zero-order valence-electron chi connectivity index (χ0n) is 9.26. The molecule has 0 atom stereocenters. The largest absolute Gasteiger partial charge is 0.426 e. The van der Waals surface area contributed by atoms with Crippen LogP contribution in [0.25, 0.3) is 0 Å². The van der Waals surface area contributed by atoms with Gasteiger partial charge in [-0.2, -0.15) is 0 Å². The standard InChI is InChI=1S/C8H5N3O8/c1-4(12)19-6-3-2-5(9(13)14)7(10(15)16)8(6)11(17)18/h2-3H,1H3. The summed E-state index contributed by atoms with van der Waals surface area (Å²) >= 11 is 0. The van der Waals surface area contributed by atoms with Gasteiger partial charge >= 0.3 is 23.0 Å². The molecule has 11 heteroatoms. The van der Waals surface area contributed by atoms with Crippen LogP contribution in [0.2, 0.25) is 0 Å². The molecule has 19 heavy (non-hydrogen) atoms. The van der Waals surface area contributed by atoms with Gasteiger partial charge in [-0.05, 0) is 6.07 Å². The summed E-state index contributed by atoms with van der Waals surface area (Å²) in [5.74, 6) is -1.68. The van der Waals surface area contributed by atoms with Crippen LogP contribution in [0.5, 0.6) is 5.75 Å². The highest BCUT2D eigenvalue weighted by atomic mass is 16.7. The number of esters is 1. The van der Waals surface area contributed by atoms with Crippen LogP contribution < -0.4 is 4.74 Å². The zero-order chi connectivity index (χ0) is 14.7. The SMILES string of the molecule is CC(=O)Oc1ccc([N+](=O)[O-])c([N+](=O)[O-])c1[N+](=O)[O-]. The van der Waals surface area contributed by atoms with E-state index in [4.69, 9.17) is 0 Å². The summed E-state index contributed by atoms with van der Waals surface area (Å²) in [7, 11) is 0. The third-order valence-corrected chi connectivity index (χ3v) is 1.91. The molecule has 1 rings (SSSR count). The lowest BCUT2D eigenvalue weighted by Gasteiger charge is -2.03. The lowest BCUT2D eigenvalue weighted by molar-refractivity contribution is -0.441. The van der Waals surface area contributed by atoms with Gasteiger partial charge in [-0.3, -0.25) is 35.1 Å². The molecule has 0 aliphatic carbocycles. The van der Waals surface area contributed by atoms with Crippen molar-refractivity contribution in [3.8, 4) is 5.75 Å². The molecule has 0 aromatic heterocycles. The molecule has 0 unspecified atom stereocenters. The first-order valence-corrected chi connectivity index (χ1v) is 4.54. The van der Waals surface area contributed by atoms with Crippen molar-refractivity contribution in [2.75, 3.05) is 0 Å². The Balaban J connectivity index is 3.68. The number of hydrogen-bond donors (Lipinski definition) is 0. The highest BCUT2D eigenvalue weighted by molar-refractivity contribution is 5.77. The molecule has 0 amide bonds. The second-order valence-electron chi connectivity index (χ2n) is 3.15. The highest BCUT2D eigenvalue weighted by Crippen LogP contribution is 2.42. The molecule has 100 valence electrons. The second-order valence-corrected chi connectivity index (χ2v) is 3.15. The Kier molecular flexibility index (Phi) is 3.70. The van der Waals surface area contributed by atoms with E-state index in [0.29, 0.717) is 6.07 Å². The highest BCUT2D eigenvalue weighted by Gasteiger charge is 2.40. The van der Waals surface area contributed by atoms with Crippen molar-refractivity contribution in [1.82, 2.24) is 0 Å². The first-order chi connectivity index (χ1) is 8.75. The summed E-state index contributed by atoms with van der Waals surface area (Å²) < 4.78 is 4.42. The van der Waals surface area contributed by atoms with Crippen LogP contribution in [0.3, 0.4) is 0 Å². The van der Waals surface area contributed by atoms with E-state index in [2.05, 4.69) is 4.74 Å². The predicted octanol–water partition coefficient (Wildman–Crippen LogP) is 1.34. The van der Waals surface area contributed by atoms with Crippen molar-refractivity contribution >= 4 is 23.0 Å². The summed E-state index contributed by atoms with van der Waals surface area (Å²) in [6.07, 6.45) is 0. The van der Waals surface area contributed by atoms with E-state index in [-0.39, 0.29) is 0 Å². The average Bonchev–Trinajstić information content (AvgIpc) is 2.26. The van der Waals surface area contributed by atoms with E-state index >= 15 is 0 Å². The van der Waals surface area contributed by atoms with Crippen molar-refractivity contribution in [2.24, 2.45) is 0 Å². The Morgan fingerprint density at radius 2 is 1.53 bits per heavy atom. The van der Waals surface area contributed by atoms with E-state index < -0.39 is 43.6 Å². The van der Waals surface area contributed by atoms with Crippen LogP contribution in [0.15, 0.2) is 12.1 Å². The monoisotopic (exact) mass is 271 g/mol. The van der Waals surface area contributed by atoms with Crippen molar-refractivity contribution in [3.05, 3.63) is 42.5 Å². The summed E-state index contributed by atoms with van der Waals surface area (Å²) in [5.41, 5.74) is -3.64. The number of carbonyl (C=O) groups excluding carboxylic acids is 1. The summed E-state index contributed by atoms with van der Waals surface area (Å²) in [6, 6.07) is 1.41. The number of ether oxygens (including phenoxy) is 1.